The predicted octanol–water partition coefficient (Wildman–Crippen LogP) is 2.09. The van der Waals surface area contributed by atoms with E-state index in [9.17, 15) is 8.42 Å². The topological polar surface area (TPSA) is 55.4 Å². The largest absolute Gasteiger partial charge is 0.380 e. The highest BCUT2D eigenvalue weighted by Crippen LogP contribution is 2.31. The summed E-state index contributed by atoms with van der Waals surface area (Å²) >= 11 is 0. The Kier molecular flexibility index (Phi) is 5.34. The lowest BCUT2D eigenvalue weighted by molar-refractivity contribution is 0.138. The Morgan fingerprint density at radius 2 is 2.15 bits per heavy atom. The normalized spacial score (nSPS) is 20.3. The molecule has 0 amide bonds. The molecule has 0 bridgehead atoms. The second kappa shape index (κ2) is 7.02. The molecule has 0 aliphatic carbocycles. The van der Waals surface area contributed by atoms with Gasteiger partial charge in [-0.15, -0.1) is 6.58 Å². The lowest BCUT2D eigenvalue weighted by Gasteiger charge is -2.26. The third kappa shape index (κ3) is 3.69. The summed E-state index contributed by atoms with van der Waals surface area (Å²) in [6, 6.07) is 7.34. The van der Waals surface area contributed by atoms with E-state index in [0.29, 0.717) is 24.5 Å². The van der Waals surface area contributed by atoms with Gasteiger partial charge in [0.15, 0.2) is 9.84 Å². The molecule has 2 rings (SSSR count). The van der Waals surface area contributed by atoms with Gasteiger partial charge in [0.05, 0.1) is 23.9 Å². The molecule has 4 nitrogen and oxygen atoms in total. The SMILES string of the molecule is C=CCCOCCNC1CCS(=O)(=O)c2ccccc21. The van der Waals surface area contributed by atoms with E-state index >= 15 is 0 Å². The van der Waals surface area contributed by atoms with Gasteiger partial charge in [-0.1, -0.05) is 24.3 Å². The van der Waals surface area contributed by atoms with Crippen LogP contribution in [0.5, 0.6) is 0 Å². The van der Waals surface area contributed by atoms with Crippen molar-refractivity contribution < 1.29 is 13.2 Å². The quantitative estimate of drug-likeness (QED) is 0.618. The second-order valence-electron chi connectivity index (χ2n) is 4.84. The van der Waals surface area contributed by atoms with Gasteiger partial charge < -0.3 is 10.1 Å². The van der Waals surface area contributed by atoms with Crippen LogP contribution in [0.1, 0.15) is 24.4 Å². The van der Waals surface area contributed by atoms with Crippen molar-refractivity contribution in [3.8, 4) is 0 Å². The number of nitrogens with one attached hydrogen (secondary N) is 1. The number of ether oxygens (including phenoxy) is 1. The number of hydrogen-bond donors (Lipinski definition) is 1. The Bertz CT molecular complexity index is 554. The predicted molar refractivity (Wildman–Crippen MR) is 79.5 cm³/mol. The van der Waals surface area contributed by atoms with Crippen molar-refractivity contribution >= 4 is 9.84 Å². The van der Waals surface area contributed by atoms with E-state index in [1.807, 2.05) is 18.2 Å². The minimum Gasteiger partial charge on any atom is -0.380 e. The highest BCUT2D eigenvalue weighted by molar-refractivity contribution is 7.91. The Labute approximate surface area is 120 Å². The minimum absolute atomic E-state index is 0.0951. The first kappa shape index (κ1) is 15.2. The van der Waals surface area contributed by atoms with Crippen molar-refractivity contribution in [3.63, 3.8) is 0 Å². The lowest BCUT2D eigenvalue weighted by Crippen LogP contribution is -2.31. The number of hydrogen-bond acceptors (Lipinski definition) is 4. The van der Waals surface area contributed by atoms with Crippen LogP contribution in [0.25, 0.3) is 0 Å². The molecule has 1 heterocycles. The van der Waals surface area contributed by atoms with Gasteiger partial charge in [0, 0.05) is 12.6 Å². The van der Waals surface area contributed by atoms with E-state index in [4.69, 9.17) is 4.74 Å². The van der Waals surface area contributed by atoms with Crippen LogP contribution in [-0.4, -0.2) is 33.9 Å². The van der Waals surface area contributed by atoms with Crippen molar-refractivity contribution in [2.24, 2.45) is 0 Å². The fourth-order valence-electron chi connectivity index (χ4n) is 2.38. The molecule has 0 saturated carbocycles. The molecule has 1 aliphatic heterocycles. The average Bonchev–Trinajstić information content (AvgIpc) is 2.45. The molecule has 1 aliphatic rings. The summed E-state index contributed by atoms with van der Waals surface area (Å²) in [4.78, 5) is 0.469. The highest BCUT2D eigenvalue weighted by Gasteiger charge is 2.29. The molecular formula is C15H21NO3S. The molecule has 1 atom stereocenters. The van der Waals surface area contributed by atoms with E-state index < -0.39 is 9.84 Å². The zero-order chi connectivity index (χ0) is 14.4. The minimum atomic E-state index is -3.10. The Morgan fingerprint density at radius 3 is 2.95 bits per heavy atom. The molecule has 1 unspecified atom stereocenters. The van der Waals surface area contributed by atoms with Gasteiger partial charge in [-0.2, -0.15) is 0 Å². The van der Waals surface area contributed by atoms with Crippen molar-refractivity contribution in [2.75, 3.05) is 25.5 Å². The standard InChI is InChI=1S/C15H21NO3S/c1-2-3-10-19-11-9-16-14-8-12-20(17,18)15-7-5-4-6-13(14)15/h2,4-7,14,16H,1,3,8-12H2. The third-order valence-corrected chi connectivity index (χ3v) is 5.22. The lowest BCUT2D eigenvalue weighted by atomic mass is 10.0. The van der Waals surface area contributed by atoms with Crippen LogP contribution in [0, 0.1) is 0 Å². The summed E-state index contributed by atoms with van der Waals surface area (Å²) in [5, 5.41) is 3.38. The van der Waals surface area contributed by atoms with Crippen molar-refractivity contribution in [3.05, 3.63) is 42.5 Å². The number of sulfone groups is 1. The zero-order valence-corrected chi connectivity index (χ0v) is 12.4. The number of fused-ring (bicyclic) bond motifs is 1. The first-order chi connectivity index (χ1) is 9.65. The van der Waals surface area contributed by atoms with Gasteiger partial charge in [-0.3, -0.25) is 0 Å². The third-order valence-electron chi connectivity index (χ3n) is 3.41. The Balaban J connectivity index is 1.92. The summed E-state index contributed by atoms with van der Waals surface area (Å²) in [7, 11) is -3.10. The van der Waals surface area contributed by atoms with E-state index in [1.165, 1.54) is 0 Å². The maximum atomic E-state index is 12.0. The van der Waals surface area contributed by atoms with E-state index in [2.05, 4.69) is 11.9 Å². The van der Waals surface area contributed by atoms with Crippen LogP contribution in [0.3, 0.4) is 0 Å². The van der Waals surface area contributed by atoms with Crippen molar-refractivity contribution in [1.82, 2.24) is 5.32 Å². The fourth-order valence-corrected chi connectivity index (χ4v) is 4.00. The molecule has 0 radical (unpaired) electrons. The van der Waals surface area contributed by atoms with Crippen LogP contribution in [0.4, 0.5) is 0 Å². The van der Waals surface area contributed by atoms with Crippen molar-refractivity contribution in [1.29, 1.82) is 0 Å². The van der Waals surface area contributed by atoms with Crippen LogP contribution >= 0.6 is 0 Å². The molecular weight excluding hydrogens is 274 g/mol. The zero-order valence-electron chi connectivity index (χ0n) is 11.5. The summed E-state index contributed by atoms with van der Waals surface area (Å²) in [5.41, 5.74) is 0.879. The first-order valence-electron chi connectivity index (χ1n) is 6.89. The molecule has 0 spiro atoms. The van der Waals surface area contributed by atoms with Crippen LogP contribution in [-0.2, 0) is 14.6 Å². The summed E-state index contributed by atoms with van der Waals surface area (Å²) in [5.74, 6) is 0.207. The molecule has 110 valence electrons. The van der Waals surface area contributed by atoms with Gasteiger partial charge >= 0.3 is 0 Å². The van der Waals surface area contributed by atoms with Gasteiger partial charge in [0.1, 0.15) is 0 Å². The van der Waals surface area contributed by atoms with Crippen LogP contribution < -0.4 is 5.32 Å². The van der Waals surface area contributed by atoms with E-state index in [-0.39, 0.29) is 11.8 Å². The maximum absolute atomic E-state index is 12.0. The van der Waals surface area contributed by atoms with E-state index in [1.54, 1.807) is 12.1 Å². The smallest absolute Gasteiger partial charge is 0.178 e. The molecule has 1 N–H and O–H groups in total. The number of rotatable bonds is 7. The number of benzene rings is 1. The Morgan fingerprint density at radius 1 is 1.35 bits per heavy atom. The van der Waals surface area contributed by atoms with Gasteiger partial charge in [0.25, 0.3) is 0 Å². The van der Waals surface area contributed by atoms with Gasteiger partial charge in [0.2, 0.25) is 0 Å². The molecule has 5 heteroatoms. The van der Waals surface area contributed by atoms with Crippen LogP contribution in [0.2, 0.25) is 0 Å². The summed E-state index contributed by atoms with van der Waals surface area (Å²) in [6.45, 7) is 5.66. The highest BCUT2D eigenvalue weighted by atomic mass is 32.2. The molecule has 20 heavy (non-hydrogen) atoms. The van der Waals surface area contributed by atoms with Gasteiger partial charge in [-0.25, -0.2) is 8.42 Å². The van der Waals surface area contributed by atoms with E-state index in [0.717, 1.165) is 18.5 Å². The monoisotopic (exact) mass is 295 g/mol. The molecule has 0 saturated heterocycles. The van der Waals surface area contributed by atoms with Crippen LogP contribution in [0.15, 0.2) is 41.8 Å². The molecule has 1 aromatic carbocycles. The first-order valence-corrected chi connectivity index (χ1v) is 8.54. The second-order valence-corrected chi connectivity index (χ2v) is 6.92. The van der Waals surface area contributed by atoms with Gasteiger partial charge in [-0.05, 0) is 24.5 Å². The average molecular weight is 295 g/mol. The molecule has 0 aromatic heterocycles. The maximum Gasteiger partial charge on any atom is 0.178 e. The Hall–Kier alpha value is -1.17. The van der Waals surface area contributed by atoms with Crippen molar-refractivity contribution in [2.45, 2.75) is 23.8 Å². The molecule has 0 fully saturated rings. The summed E-state index contributed by atoms with van der Waals surface area (Å²) in [6.07, 6.45) is 3.30. The fraction of sp³-hybridized carbons (Fsp3) is 0.467. The summed E-state index contributed by atoms with van der Waals surface area (Å²) < 4.78 is 29.5. The molecule has 1 aromatic rings.